The van der Waals surface area contributed by atoms with Gasteiger partial charge in [0.1, 0.15) is 12.0 Å². The fraction of sp³-hybridized carbons (Fsp3) is 0.533. The summed E-state index contributed by atoms with van der Waals surface area (Å²) in [5.74, 6) is 1.26. The Hall–Kier alpha value is -1.03. The molecule has 1 heterocycles. The van der Waals surface area contributed by atoms with Crippen LogP contribution in [0.2, 0.25) is 0 Å². The quantitative estimate of drug-likeness (QED) is 0.837. The zero-order valence-corrected chi connectivity index (χ0v) is 13.0. The van der Waals surface area contributed by atoms with Crippen LogP contribution in [0.3, 0.4) is 0 Å². The minimum Gasteiger partial charge on any atom is -0.492 e. The first-order valence-corrected chi connectivity index (χ1v) is 7.61. The largest absolute Gasteiger partial charge is 0.492 e. The predicted octanol–water partition coefficient (Wildman–Crippen LogP) is 3.80. The average molecular weight is 326 g/mol. The zero-order chi connectivity index (χ0) is 13.8. The van der Waals surface area contributed by atoms with Crippen LogP contribution in [0, 0.1) is 5.92 Å². The zero-order valence-electron chi connectivity index (χ0n) is 11.4. The Kier molecular flexibility index (Phi) is 4.86. The molecule has 1 N–H and O–H groups in total. The van der Waals surface area contributed by atoms with E-state index >= 15 is 0 Å². The number of aldehydes is 1. The van der Waals surface area contributed by atoms with Crippen LogP contribution in [-0.2, 0) is 11.2 Å². The lowest BCUT2D eigenvalue weighted by molar-refractivity contribution is -0.108. The highest BCUT2D eigenvalue weighted by molar-refractivity contribution is 9.10. The van der Waals surface area contributed by atoms with Gasteiger partial charge in [-0.15, -0.1) is 0 Å². The molecule has 0 spiro atoms. The smallest absolute Gasteiger partial charge is 0.138 e. The molecule has 2 rings (SSSR count). The number of benzene rings is 1. The number of halogens is 1. The number of carbonyl (C=O) groups is 1. The first-order valence-electron chi connectivity index (χ1n) is 6.81. The summed E-state index contributed by atoms with van der Waals surface area (Å²) in [7, 11) is 0. The lowest BCUT2D eigenvalue weighted by atomic mass is 9.86. The molecule has 0 amide bonds. The SMILES string of the molecule is CCCOc1c(Br)ccc2c1CC(CC=O)[C@H](C)N2. The van der Waals surface area contributed by atoms with E-state index in [0.717, 1.165) is 35.0 Å². The number of rotatable bonds is 5. The van der Waals surface area contributed by atoms with Crippen molar-refractivity contribution in [3.05, 3.63) is 22.2 Å². The van der Waals surface area contributed by atoms with Gasteiger partial charge in [0.05, 0.1) is 11.1 Å². The van der Waals surface area contributed by atoms with Gasteiger partial charge >= 0.3 is 0 Å². The van der Waals surface area contributed by atoms with E-state index in [1.807, 2.05) is 6.07 Å². The van der Waals surface area contributed by atoms with Crippen LogP contribution in [0.5, 0.6) is 5.75 Å². The lowest BCUT2D eigenvalue weighted by Crippen LogP contribution is -2.33. The molecule has 1 aromatic rings. The van der Waals surface area contributed by atoms with Crippen LogP contribution in [0.15, 0.2) is 16.6 Å². The van der Waals surface area contributed by atoms with Gasteiger partial charge in [-0.2, -0.15) is 0 Å². The summed E-state index contributed by atoms with van der Waals surface area (Å²) in [5, 5.41) is 3.48. The fourth-order valence-electron chi connectivity index (χ4n) is 2.51. The van der Waals surface area contributed by atoms with Crippen LogP contribution >= 0.6 is 15.9 Å². The van der Waals surface area contributed by atoms with Crippen LogP contribution in [0.4, 0.5) is 5.69 Å². The van der Waals surface area contributed by atoms with Crippen LogP contribution < -0.4 is 10.1 Å². The van der Waals surface area contributed by atoms with Crippen LogP contribution in [0.25, 0.3) is 0 Å². The lowest BCUT2D eigenvalue weighted by Gasteiger charge is -2.33. The number of anilines is 1. The summed E-state index contributed by atoms with van der Waals surface area (Å²) >= 11 is 3.56. The standard InChI is InChI=1S/C15H20BrNO2/c1-3-8-19-15-12-9-11(6-7-18)10(2)17-14(12)5-4-13(15)16/h4-5,7,10-11,17H,3,6,8-9H2,1-2H3/t10-,11?/m0/s1. The summed E-state index contributed by atoms with van der Waals surface area (Å²) in [6, 6.07) is 4.41. The van der Waals surface area contributed by atoms with Crippen molar-refractivity contribution in [3.8, 4) is 5.75 Å². The van der Waals surface area contributed by atoms with Crippen LogP contribution in [0.1, 0.15) is 32.3 Å². The van der Waals surface area contributed by atoms with Crippen molar-refractivity contribution in [2.24, 2.45) is 5.92 Å². The molecule has 1 aromatic carbocycles. The normalized spacial score (nSPS) is 21.4. The topological polar surface area (TPSA) is 38.3 Å². The molecular formula is C15H20BrNO2. The molecule has 3 nitrogen and oxygen atoms in total. The minimum atomic E-state index is 0.318. The van der Waals surface area contributed by atoms with E-state index < -0.39 is 0 Å². The van der Waals surface area contributed by atoms with Gasteiger partial charge in [-0.1, -0.05) is 6.92 Å². The van der Waals surface area contributed by atoms with Gasteiger partial charge in [0.15, 0.2) is 0 Å². The maximum Gasteiger partial charge on any atom is 0.138 e. The van der Waals surface area contributed by atoms with Crippen molar-refractivity contribution in [1.29, 1.82) is 0 Å². The van der Waals surface area contributed by atoms with Crippen molar-refractivity contribution >= 4 is 27.9 Å². The number of hydrogen-bond acceptors (Lipinski definition) is 3. The molecule has 0 aliphatic carbocycles. The van der Waals surface area contributed by atoms with Crippen LogP contribution in [-0.4, -0.2) is 18.9 Å². The average Bonchev–Trinajstić information content (AvgIpc) is 2.39. The highest BCUT2D eigenvalue weighted by Gasteiger charge is 2.27. The van der Waals surface area contributed by atoms with E-state index in [1.165, 1.54) is 5.56 Å². The maximum atomic E-state index is 10.8. The molecule has 19 heavy (non-hydrogen) atoms. The molecule has 0 radical (unpaired) electrons. The summed E-state index contributed by atoms with van der Waals surface area (Å²) in [6.45, 7) is 4.94. The van der Waals surface area contributed by atoms with Crippen molar-refractivity contribution in [2.75, 3.05) is 11.9 Å². The first-order chi connectivity index (χ1) is 9.17. The van der Waals surface area contributed by atoms with E-state index in [9.17, 15) is 4.79 Å². The van der Waals surface area contributed by atoms with Crippen molar-refractivity contribution < 1.29 is 9.53 Å². The van der Waals surface area contributed by atoms with Crippen molar-refractivity contribution in [1.82, 2.24) is 0 Å². The molecule has 104 valence electrons. The highest BCUT2D eigenvalue weighted by Crippen LogP contribution is 2.40. The van der Waals surface area contributed by atoms with Crippen molar-refractivity contribution in [2.45, 2.75) is 39.2 Å². The van der Waals surface area contributed by atoms with Gasteiger partial charge in [-0.05, 0) is 53.7 Å². The van der Waals surface area contributed by atoms with E-state index in [-0.39, 0.29) is 0 Å². The Labute approximate surface area is 122 Å². The monoisotopic (exact) mass is 325 g/mol. The number of nitrogens with one attached hydrogen (secondary N) is 1. The Balaban J connectivity index is 2.32. The summed E-state index contributed by atoms with van der Waals surface area (Å²) in [6.07, 6.45) is 3.48. The fourth-order valence-corrected chi connectivity index (χ4v) is 3.00. The number of ether oxygens (including phenoxy) is 1. The number of fused-ring (bicyclic) bond motifs is 1. The number of hydrogen-bond donors (Lipinski definition) is 1. The first kappa shape index (κ1) is 14.4. The molecule has 0 fully saturated rings. The molecule has 0 saturated heterocycles. The second kappa shape index (κ2) is 6.42. The molecule has 0 aromatic heterocycles. The van der Waals surface area contributed by atoms with Crippen molar-refractivity contribution in [3.63, 3.8) is 0 Å². The Morgan fingerprint density at radius 2 is 2.32 bits per heavy atom. The third kappa shape index (κ3) is 3.11. The third-order valence-electron chi connectivity index (χ3n) is 3.62. The third-order valence-corrected chi connectivity index (χ3v) is 4.24. The molecule has 1 aliphatic rings. The summed E-state index contributed by atoms with van der Waals surface area (Å²) < 4.78 is 6.86. The second-order valence-electron chi connectivity index (χ2n) is 5.05. The molecule has 4 heteroatoms. The van der Waals surface area contributed by atoms with Gasteiger partial charge in [-0.3, -0.25) is 0 Å². The summed E-state index contributed by atoms with van der Waals surface area (Å²) in [5.41, 5.74) is 2.32. The molecule has 0 bridgehead atoms. The minimum absolute atomic E-state index is 0.318. The molecule has 2 atom stereocenters. The van der Waals surface area contributed by atoms with E-state index in [2.05, 4.69) is 41.2 Å². The second-order valence-corrected chi connectivity index (χ2v) is 5.91. The molecule has 1 aliphatic heterocycles. The predicted molar refractivity (Wildman–Crippen MR) is 80.9 cm³/mol. The van der Waals surface area contributed by atoms with E-state index in [0.29, 0.717) is 25.0 Å². The van der Waals surface area contributed by atoms with Gasteiger partial charge in [0.2, 0.25) is 0 Å². The summed E-state index contributed by atoms with van der Waals surface area (Å²) in [4.78, 5) is 10.8. The van der Waals surface area contributed by atoms with E-state index in [4.69, 9.17) is 4.74 Å². The number of carbonyl (C=O) groups excluding carboxylic acids is 1. The molecular weight excluding hydrogens is 306 g/mol. The van der Waals surface area contributed by atoms with Gasteiger partial charge < -0.3 is 14.8 Å². The Morgan fingerprint density at radius 3 is 3.00 bits per heavy atom. The molecule has 0 saturated carbocycles. The Bertz CT molecular complexity index is 462. The van der Waals surface area contributed by atoms with Gasteiger partial charge in [-0.25, -0.2) is 0 Å². The van der Waals surface area contributed by atoms with Gasteiger partial charge in [0, 0.05) is 23.7 Å². The van der Waals surface area contributed by atoms with Gasteiger partial charge in [0.25, 0.3) is 0 Å². The maximum absolute atomic E-state index is 10.8. The Morgan fingerprint density at radius 1 is 1.53 bits per heavy atom. The molecule has 1 unspecified atom stereocenters. The van der Waals surface area contributed by atoms with E-state index in [1.54, 1.807) is 0 Å². The highest BCUT2D eigenvalue weighted by atomic mass is 79.9.